The predicted molar refractivity (Wildman–Crippen MR) is 208 cm³/mol. The fraction of sp³-hybridized carbons (Fsp3) is 0. The zero-order valence-corrected chi connectivity index (χ0v) is 27.0. The van der Waals surface area contributed by atoms with Gasteiger partial charge in [-0.05, 0) is 127 Å². The third kappa shape index (κ3) is 5.62. The Kier molecular flexibility index (Phi) is 7.22. The molecule has 0 amide bonds. The minimum atomic E-state index is 1.14. The van der Waals surface area contributed by atoms with Gasteiger partial charge in [-0.25, -0.2) is 0 Å². The molecule has 1 aromatic heterocycles. The molecule has 0 saturated heterocycles. The van der Waals surface area contributed by atoms with Gasteiger partial charge in [-0.1, -0.05) is 133 Å². The lowest BCUT2D eigenvalue weighted by Gasteiger charge is -2.12. The van der Waals surface area contributed by atoms with E-state index in [0.29, 0.717) is 0 Å². The van der Waals surface area contributed by atoms with Crippen LogP contribution >= 0.6 is 0 Å². The SMILES string of the molecule is c1ccc(-c2cc(-c3ccccc3)cc(-c3ccc4[nH]c5ccc(-c6cc(-c7ccccc7)cc(-c7ccccc7)c6)cc5c4c3)c2)cc1. The first kappa shape index (κ1) is 28.8. The molecule has 0 radical (unpaired) electrons. The van der Waals surface area contributed by atoms with Crippen LogP contribution in [0.5, 0.6) is 0 Å². The Balaban J connectivity index is 1.19. The van der Waals surface area contributed by atoms with Crippen molar-refractivity contribution in [1.82, 2.24) is 4.98 Å². The number of rotatable bonds is 6. The molecule has 8 aromatic carbocycles. The van der Waals surface area contributed by atoms with Gasteiger partial charge in [-0.3, -0.25) is 0 Å². The highest BCUT2D eigenvalue weighted by atomic mass is 14.7. The molecule has 0 unspecified atom stereocenters. The fourth-order valence-electron chi connectivity index (χ4n) is 7.03. The van der Waals surface area contributed by atoms with Crippen LogP contribution in [0.4, 0.5) is 0 Å². The zero-order chi connectivity index (χ0) is 32.6. The molecule has 1 N–H and O–H groups in total. The molecule has 0 aliphatic carbocycles. The summed E-state index contributed by atoms with van der Waals surface area (Å²) >= 11 is 0. The number of aromatic amines is 1. The van der Waals surface area contributed by atoms with E-state index in [-0.39, 0.29) is 0 Å². The highest BCUT2D eigenvalue weighted by Crippen LogP contribution is 2.38. The molecule has 0 bridgehead atoms. The Bertz CT molecular complexity index is 2270. The standard InChI is InChI=1S/C48H33N/c1-5-13-33(14-6-1)39-25-40(34-15-7-2-8-16-34)28-43(27-39)37-21-23-47-45(31-37)46-32-38(22-24-48(46)49-47)44-29-41(35-17-9-3-10-18-35)26-42(30-44)36-19-11-4-12-20-36/h1-32,49H. The maximum atomic E-state index is 3.68. The molecular weight excluding hydrogens is 591 g/mol. The zero-order valence-electron chi connectivity index (χ0n) is 27.0. The van der Waals surface area contributed by atoms with Crippen molar-refractivity contribution in [1.29, 1.82) is 0 Å². The van der Waals surface area contributed by atoms with Gasteiger partial charge in [-0.2, -0.15) is 0 Å². The highest BCUT2D eigenvalue weighted by molar-refractivity contribution is 6.10. The first-order chi connectivity index (χ1) is 24.2. The summed E-state index contributed by atoms with van der Waals surface area (Å²) in [5.74, 6) is 0. The largest absolute Gasteiger partial charge is 0.355 e. The van der Waals surface area contributed by atoms with Gasteiger partial charge in [0.2, 0.25) is 0 Å². The van der Waals surface area contributed by atoms with Crippen LogP contribution in [-0.4, -0.2) is 4.98 Å². The van der Waals surface area contributed by atoms with E-state index in [4.69, 9.17) is 0 Å². The van der Waals surface area contributed by atoms with E-state index in [1.165, 1.54) is 77.5 Å². The van der Waals surface area contributed by atoms with Crippen LogP contribution in [-0.2, 0) is 0 Å². The number of fused-ring (bicyclic) bond motifs is 3. The fourth-order valence-corrected chi connectivity index (χ4v) is 7.03. The molecule has 1 nitrogen and oxygen atoms in total. The van der Waals surface area contributed by atoms with Crippen LogP contribution in [0.25, 0.3) is 88.6 Å². The third-order valence-corrected chi connectivity index (χ3v) is 9.56. The molecule has 0 saturated carbocycles. The molecular formula is C48H33N. The van der Waals surface area contributed by atoms with Gasteiger partial charge in [0.25, 0.3) is 0 Å². The molecule has 0 spiro atoms. The molecule has 0 aliphatic rings. The first-order valence-corrected chi connectivity index (χ1v) is 16.8. The van der Waals surface area contributed by atoms with Crippen molar-refractivity contribution in [2.24, 2.45) is 0 Å². The van der Waals surface area contributed by atoms with Crippen LogP contribution in [0.2, 0.25) is 0 Å². The van der Waals surface area contributed by atoms with Gasteiger partial charge < -0.3 is 4.98 Å². The molecule has 0 fully saturated rings. The minimum Gasteiger partial charge on any atom is -0.355 e. The Morgan fingerprint density at radius 1 is 0.204 bits per heavy atom. The Morgan fingerprint density at radius 2 is 0.469 bits per heavy atom. The van der Waals surface area contributed by atoms with Gasteiger partial charge in [0.1, 0.15) is 0 Å². The number of hydrogen-bond donors (Lipinski definition) is 1. The van der Waals surface area contributed by atoms with E-state index in [2.05, 4.69) is 199 Å². The summed E-state index contributed by atoms with van der Waals surface area (Å²) in [5.41, 5.74) is 16.8. The maximum absolute atomic E-state index is 3.68. The average Bonchev–Trinajstić information content (AvgIpc) is 3.56. The summed E-state index contributed by atoms with van der Waals surface area (Å²) < 4.78 is 0. The van der Waals surface area contributed by atoms with Crippen molar-refractivity contribution in [2.45, 2.75) is 0 Å². The Labute approximate surface area is 286 Å². The number of hydrogen-bond acceptors (Lipinski definition) is 0. The lowest BCUT2D eigenvalue weighted by Crippen LogP contribution is -1.86. The normalized spacial score (nSPS) is 11.3. The molecule has 0 aliphatic heterocycles. The van der Waals surface area contributed by atoms with E-state index in [0.717, 1.165) is 11.0 Å². The first-order valence-electron chi connectivity index (χ1n) is 16.8. The van der Waals surface area contributed by atoms with Gasteiger partial charge >= 0.3 is 0 Å². The summed E-state index contributed by atoms with van der Waals surface area (Å²) in [7, 11) is 0. The van der Waals surface area contributed by atoms with Crippen molar-refractivity contribution >= 4 is 21.8 Å². The molecule has 9 aromatic rings. The third-order valence-electron chi connectivity index (χ3n) is 9.56. The van der Waals surface area contributed by atoms with E-state index in [9.17, 15) is 0 Å². The van der Waals surface area contributed by atoms with Crippen LogP contribution in [0, 0.1) is 0 Å². The van der Waals surface area contributed by atoms with Crippen molar-refractivity contribution < 1.29 is 0 Å². The van der Waals surface area contributed by atoms with E-state index < -0.39 is 0 Å². The van der Waals surface area contributed by atoms with Crippen LogP contribution < -0.4 is 0 Å². The summed E-state index contributed by atoms with van der Waals surface area (Å²) in [6, 6.07) is 70.2. The molecule has 1 heteroatoms. The number of nitrogens with one attached hydrogen (secondary N) is 1. The van der Waals surface area contributed by atoms with Gasteiger partial charge in [0.15, 0.2) is 0 Å². The Morgan fingerprint density at radius 3 is 0.755 bits per heavy atom. The van der Waals surface area contributed by atoms with E-state index in [1.807, 2.05) is 0 Å². The second kappa shape index (κ2) is 12.3. The molecule has 230 valence electrons. The summed E-state index contributed by atoms with van der Waals surface area (Å²) in [6.07, 6.45) is 0. The molecule has 49 heavy (non-hydrogen) atoms. The van der Waals surface area contributed by atoms with Crippen molar-refractivity contribution in [3.8, 4) is 66.8 Å². The molecule has 1 heterocycles. The lowest BCUT2D eigenvalue weighted by molar-refractivity contribution is 1.53. The summed E-state index contributed by atoms with van der Waals surface area (Å²) in [5, 5.41) is 2.45. The van der Waals surface area contributed by atoms with E-state index >= 15 is 0 Å². The number of H-pyrrole nitrogens is 1. The molecule has 9 rings (SSSR count). The van der Waals surface area contributed by atoms with Crippen LogP contribution in [0.1, 0.15) is 0 Å². The molecule has 0 atom stereocenters. The van der Waals surface area contributed by atoms with E-state index in [1.54, 1.807) is 0 Å². The van der Waals surface area contributed by atoms with Crippen LogP contribution in [0.15, 0.2) is 194 Å². The minimum absolute atomic E-state index is 1.14. The number of benzene rings is 8. The monoisotopic (exact) mass is 623 g/mol. The quantitative estimate of drug-likeness (QED) is 0.190. The number of aromatic nitrogens is 1. The van der Waals surface area contributed by atoms with Gasteiger partial charge in [0, 0.05) is 21.8 Å². The summed E-state index contributed by atoms with van der Waals surface area (Å²) in [6.45, 7) is 0. The predicted octanol–water partition coefficient (Wildman–Crippen LogP) is 13.3. The van der Waals surface area contributed by atoms with Crippen LogP contribution in [0.3, 0.4) is 0 Å². The Hall–Kier alpha value is -6.44. The lowest BCUT2D eigenvalue weighted by atomic mass is 9.92. The van der Waals surface area contributed by atoms with Gasteiger partial charge in [-0.15, -0.1) is 0 Å². The topological polar surface area (TPSA) is 15.8 Å². The van der Waals surface area contributed by atoms with Gasteiger partial charge in [0.05, 0.1) is 0 Å². The highest BCUT2D eigenvalue weighted by Gasteiger charge is 2.13. The average molecular weight is 624 g/mol. The maximum Gasteiger partial charge on any atom is 0.0465 e. The van der Waals surface area contributed by atoms with Crippen molar-refractivity contribution in [2.75, 3.05) is 0 Å². The summed E-state index contributed by atoms with van der Waals surface area (Å²) in [4.78, 5) is 3.68. The van der Waals surface area contributed by atoms with Crippen molar-refractivity contribution in [3.05, 3.63) is 194 Å². The smallest absolute Gasteiger partial charge is 0.0465 e. The second-order valence-electron chi connectivity index (χ2n) is 12.7. The van der Waals surface area contributed by atoms with Crippen molar-refractivity contribution in [3.63, 3.8) is 0 Å². The second-order valence-corrected chi connectivity index (χ2v) is 12.7.